The third-order valence-electron chi connectivity index (χ3n) is 6.73. The second kappa shape index (κ2) is 10.9. The molecule has 2 aliphatic rings. The highest BCUT2D eigenvalue weighted by molar-refractivity contribution is 7.16. The number of carbonyl (C=O) groups excluding carboxylic acids is 1. The molecule has 0 spiro atoms. The zero-order valence-corrected chi connectivity index (χ0v) is 21.8. The smallest absolute Gasteiger partial charge is 0.312 e. The molecule has 184 valence electrons. The number of aryl methyl sites for hydroxylation is 1. The molecule has 0 aliphatic carbocycles. The van der Waals surface area contributed by atoms with E-state index in [9.17, 15) is 4.79 Å². The average molecular weight is 483 g/mol. The molecule has 0 bridgehead atoms. The molecule has 0 radical (unpaired) electrons. The lowest BCUT2D eigenvalue weighted by Gasteiger charge is -2.36. The van der Waals surface area contributed by atoms with Crippen LogP contribution in [0.3, 0.4) is 0 Å². The summed E-state index contributed by atoms with van der Waals surface area (Å²) in [4.78, 5) is 23.6. The number of fused-ring (bicyclic) bond motifs is 2. The summed E-state index contributed by atoms with van der Waals surface area (Å²) in [6.45, 7) is 12.1. The summed E-state index contributed by atoms with van der Waals surface area (Å²) in [5.74, 6) is 0.947. The van der Waals surface area contributed by atoms with E-state index in [1.54, 1.807) is 11.3 Å². The Bertz CT molecular complexity index is 1020. The molecule has 0 atom stereocenters. The fourth-order valence-corrected chi connectivity index (χ4v) is 5.44. The molecule has 0 unspecified atom stereocenters. The van der Waals surface area contributed by atoms with Gasteiger partial charge in [-0.1, -0.05) is 44.7 Å². The van der Waals surface area contributed by atoms with E-state index < -0.39 is 5.41 Å². The highest BCUT2D eigenvalue weighted by Crippen LogP contribution is 2.39. The monoisotopic (exact) mass is 482 g/mol. The van der Waals surface area contributed by atoms with Gasteiger partial charge in [0.15, 0.2) is 0 Å². The Morgan fingerprint density at radius 1 is 1.15 bits per heavy atom. The van der Waals surface area contributed by atoms with Gasteiger partial charge >= 0.3 is 5.97 Å². The van der Waals surface area contributed by atoms with Gasteiger partial charge in [0, 0.05) is 31.1 Å². The van der Waals surface area contributed by atoms with Gasteiger partial charge < -0.3 is 15.0 Å². The van der Waals surface area contributed by atoms with Crippen LogP contribution in [0, 0.1) is 12.3 Å². The molecule has 1 fully saturated rings. The number of ether oxygens (including phenoxy) is 1. The van der Waals surface area contributed by atoms with Gasteiger partial charge in [-0.3, -0.25) is 9.69 Å². The molecule has 7 heteroatoms. The van der Waals surface area contributed by atoms with Gasteiger partial charge in [0.25, 0.3) is 0 Å². The lowest BCUT2D eigenvalue weighted by atomic mass is 9.87. The lowest BCUT2D eigenvalue weighted by Crippen LogP contribution is -2.49. The van der Waals surface area contributed by atoms with Crippen molar-refractivity contribution in [2.45, 2.75) is 59.8 Å². The number of anilines is 2. The van der Waals surface area contributed by atoms with Crippen molar-refractivity contribution in [3.8, 4) is 0 Å². The van der Waals surface area contributed by atoms with E-state index in [2.05, 4.69) is 47.2 Å². The van der Waals surface area contributed by atoms with Gasteiger partial charge in [0.2, 0.25) is 0 Å². The zero-order chi connectivity index (χ0) is 24.1. The van der Waals surface area contributed by atoms with Crippen molar-refractivity contribution in [1.29, 1.82) is 0 Å². The van der Waals surface area contributed by atoms with Gasteiger partial charge in [-0.15, -0.1) is 11.3 Å². The van der Waals surface area contributed by atoms with Gasteiger partial charge in [-0.25, -0.2) is 4.99 Å². The largest absolute Gasteiger partial charge is 0.449 e. The molecule has 0 amide bonds. The van der Waals surface area contributed by atoms with Crippen LogP contribution in [0.15, 0.2) is 35.3 Å². The van der Waals surface area contributed by atoms with E-state index in [0.29, 0.717) is 6.73 Å². The third kappa shape index (κ3) is 5.81. The Hall–Kier alpha value is -2.38. The van der Waals surface area contributed by atoms with Crippen molar-refractivity contribution in [3.63, 3.8) is 0 Å². The molecule has 0 saturated carbocycles. The summed E-state index contributed by atoms with van der Waals surface area (Å²) in [7, 11) is 0. The number of hydrogen-bond donors (Lipinski definition) is 1. The number of amidine groups is 1. The number of rotatable bonds is 8. The van der Waals surface area contributed by atoms with Crippen LogP contribution in [0.25, 0.3) is 0 Å². The highest BCUT2D eigenvalue weighted by atomic mass is 32.1. The standard InChI is InChI=1S/C27H38N4O2S/c1-5-6-7-10-13-27(3,4)26(32)33-19-30-14-16-31(17-15-30)24-21-18-20(2)34-25(21)29-23-12-9-8-11-22(23)28-24/h8-9,11-12,18,29H,5-7,10,13-17,19H2,1-4H3. The van der Waals surface area contributed by atoms with Crippen LogP contribution in [0.1, 0.15) is 63.3 Å². The highest BCUT2D eigenvalue weighted by Gasteiger charge is 2.30. The Morgan fingerprint density at radius 2 is 1.91 bits per heavy atom. The molecular formula is C27H38N4O2S. The van der Waals surface area contributed by atoms with Gasteiger partial charge in [-0.05, 0) is 45.4 Å². The first kappa shape index (κ1) is 24.7. The predicted molar refractivity (Wildman–Crippen MR) is 142 cm³/mol. The molecule has 2 aromatic rings. The fraction of sp³-hybridized carbons (Fsp3) is 0.556. The van der Waals surface area contributed by atoms with E-state index in [4.69, 9.17) is 9.73 Å². The van der Waals surface area contributed by atoms with Crippen LogP contribution < -0.4 is 5.32 Å². The normalized spacial score (nSPS) is 16.2. The predicted octanol–water partition coefficient (Wildman–Crippen LogP) is 6.31. The molecule has 1 N–H and O–H groups in total. The summed E-state index contributed by atoms with van der Waals surface area (Å²) in [6.07, 6.45) is 5.59. The Balaban J connectivity index is 1.35. The zero-order valence-electron chi connectivity index (χ0n) is 21.0. The molecule has 2 aliphatic heterocycles. The van der Waals surface area contributed by atoms with Crippen LogP contribution in [0.4, 0.5) is 16.4 Å². The first-order valence-corrected chi connectivity index (χ1v) is 13.4. The number of unbranched alkanes of at least 4 members (excludes halogenated alkanes) is 3. The minimum Gasteiger partial charge on any atom is -0.449 e. The molecule has 6 nitrogen and oxygen atoms in total. The quantitative estimate of drug-likeness (QED) is 0.353. The van der Waals surface area contributed by atoms with Crippen LogP contribution >= 0.6 is 11.3 Å². The second-order valence-corrected chi connectivity index (χ2v) is 11.3. The maximum Gasteiger partial charge on any atom is 0.312 e. The summed E-state index contributed by atoms with van der Waals surface area (Å²) in [5.41, 5.74) is 2.76. The molecule has 3 heterocycles. The number of piperazine rings is 1. The van der Waals surface area contributed by atoms with Crippen molar-refractivity contribution in [1.82, 2.24) is 9.80 Å². The van der Waals surface area contributed by atoms with Gasteiger partial charge in [-0.2, -0.15) is 0 Å². The van der Waals surface area contributed by atoms with Crippen molar-refractivity contribution < 1.29 is 9.53 Å². The maximum absolute atomic E-state index is 12.7. The lowest BCUT2D eigenvalue weighted by molar-refractivity contribution is -0.160. The molecule has 1 aromatic carbocycles. The molecule has 34 heavy (non-hydrogen) atoms. The maximum atomic E-state index is 12.7. The van der Waals surface area contributed by atoms with Crippen LogP contribution in [0.5, 0.6) is 0 Å². The second-order valence-electron chi connectivity index (χ2n) is 10.0. The number of para-hydroxylation sites is 2. The van der Waals surface area contributed by atoms with Gasteiger partial charge in [0.1, 0.15) is 17.6 Å². The number of thiophene rings is 1. The summed E-state index contributed by atoms with van der Waals surface area (Å²) < 4.78 is 5.74. The number of nitrogens with one attached hydrogen (secondary N) is 1. The number of aliphatic imine (C=N–C) groups is 1. The van der Waals surface area contributed by atoms with Crippen molar-refractivity contribution in [2.24, 2.45) is 10.4 Å². The van der Waals surface area contributed by atoms with E-state index in [0.717, 1.165) is 61.2 Å². The molecule has 1 aromatic heterocycles. The molecular weight excluding hydrogens is 444 g/mol. The Kier molecular flexibility index (Phi) is 7.94. The van der Waals surface area contributed by atoms with Crippen molar-refractivity contribution in [3.05, 3.63) is 40.8 Å². The number of esters is 1. The number of nitrogens with zero attached hydrogens (tertiary/aromatic N) is 3. The van der Waals surface area contributed by atoms with Gasteiger partial charge in [0.05, 0.1) is 22.4 Å². The van der Waals surface area contributed by atoms with Crippen molar-refractivity contribution in [2.75, 3.05) is 38.2 Å². The molecule has 1 saturated heterocycles. The summed E-state index contributed by atoms with van der Waals surface area (Å²) in [6, 6.07) is 10.4. The topological polar surface area (TPSA) is 57.2 Å². The van der Waals surface area contributed by atoms with E-state index in [-0.39, 0.29) is 5.97 Å². The Morgan fingerprint density at radius 3 is 2.68 bits per heavy atom. The average Bonchev–Trinajstić information content (AvgIpc) is 3.12. The number of benzene rings is 1. The van der Waals surface area contributed by atoms with E-state index >= 15 is 0 Å². The first-order valence-electron chi connectivity index (χ1n) is 12.6. The molecule has 4 rings (SSSR count). The van der Waals surface area contributed by atoms with Crippen molar-refractivity contribution >= 4 is 39.5 Å². The van der Waals surface area contributed by atoms with Crippen LogP contribution in [-0.4, -0.2) is 54.5 Å². The van der Waals surface area contributed by atoms with Crippen LogP contribution in [0.2, 0.25) is 0 Å². The Labute approximate surface area is 208 Å². The van der Waals surface area contributed by atoms with E-state index in [1.165, 1.54) is 29.7 Å². The van der Waals surface area contributed by atoms with E-state index in [1.807, 2.05) is 26.0 Å². The SMILES string of the molecule is CCCCCCC(C)(C)C(=O)OCN1CCN(C2=Nc3ccccc3Nc3sc(C)cc32)CC1. The third-order valence-corrected chi connectivity index (χ3v) is 7.70. The fourth-order valence-electron chi connectivity index (χ4n) is 4.52. The summed E-state index contributed by atoms with van der Waals surface area (Å²) >= 11 is 1.77. The summed E-state index contributed by atoms with van der Waals surface area (Å²) in [5, 5.41) is 4.73. The number of hydrogen-bond acceptors (Lipinski definition) is 7. The first-order chi connectivity index (χ1) is 16.4. The number of carbonyl (C=O) groups is 1. The van der Waals surface area contributed by atoms with Crippen LogP contribution in [-0.2, 0) is 9.53 Å². The minimum atomic E-state index is -0.418. The minimum absolute atomic E-state index is 0.0827.